The van der Waals surface area contributed by atoms with Gasteiger partial charge in [-0.05, 0) is 31.8 Å². The fourth-order valence-corrected chi connectivity index (χ4v) is 2.96. The van der Waals surface area contributed by atoms with Crippen LogP contribution in [0.2, 0.25) is 0 Å². The SMILES string of the molecule is CN(C)CCN(Cc1ccc(Br)cc1)S(=O)(=O)N(C)C. The summed E-state index contributed by atoms with van der Waals surface area (Å²) in [6, 6.07) is 7.69. The summed E-state index contributed by atoms with van der Waals surface area (Å²) < 4.78 is 28.4. The molecule has 0 atom stereocenters. The van der Waals surface area contributed by atoms with Gasteiger partial charge in [-0.3, -0.25) is 0 Å². The average Bonchev–Trinajstić information content (AvgIpc) is 2.36. The standard InChI is InChI=1S/C13H22BrN3O2S/c1-15(2)9-10-17(20(18,19)16(3)4)11-12-5-7-13(14)8-6-12/h5-8H,9-11H2,1-4H3. The molecule has 0 spiro atoms. The van der Waals surface area contributed by atoms with Crippen molar-refractivity contribution in [2.24, 2.45) is 0 Å². The van der Waals surface area contributed by atoms with Crippen molar-refractivity contribution in [1.82, 2.24) is 13.5 Å². The first kappa shape index (κ1) is 17.6. The molecule has 0 heterocycles. The quantitative estimate of drug-likeness (QED) is 0.739. The summed E-state index contributed by atoms with van der Waals surface area (Å²) in [6.45, 7) is 1.52. The Morgan fingerprint density at radius 1 is 1.00 bits per heavy atom. The van der Waals surface area contributed by atoms with Crippen molar-refractivity contribution in [3.63, 3.8) is 0 Å². The molecule has 0 aliphatic heterocycles. The molecule has 5 nitrogen and oxygen atoms in total. The van der Waals surface area contributed by atoms with Crippen LogP contribution >= 0.6 is 15.9 Å². The average molecular weight is 364 g/mol. The van der Waals surface area contributed by atoms with Gasteiger partial charge in [0, 0.05) is 38.2 Å². The molecule has 0 amide bonds. The van der Waals surface area contributed by atoms with Crippen LogP contribution in [0.25, 0.3) is 0 Å². The summed E-state index contributed by atoms with van der Waals surface area (Å²) in [5.41, 5.74) is 0.970. The Hall–Kier alpha value is -0.470. The fraction of sp³-hybridized carbons (Fsp3) is 0.538. The van der Waals surface area contributed by atoms with Crippen molar-refractivity contribution >= 4 is 26.1 Å². The molecular weight excluding hydrogens is 342 g/mol. The highest BCUT2D eigenvalue weighted by Crippen LogP contribution is 2.15. The molecule has 1 aromatic carbocycles. The van der Waals surface area contributed by atoms with Crippen molar-refractivity contribution in [3.05, 3.63) is 34.3 Å². The highest BCUT2D eigenvalue weighted by atomic mass is 79.9. The lowest BCUT2D eigenvalue weighted by Crippen LogP contribution is -2.42. The Morgan fingerprint density at radius 2 is 1.55 bits per heavy atom. The van der Waals surface area contributed by atoms with Crippen LogP contribution in [0, 0.1) is 0 Å². The predicted molar refractivity (Wildman–Crippen MR) is 85.7 cm³/mol. The first-order valence-corrected chi connectivity index (χ1v) is 8.49. The first-order valence-electron chi connectivity index (χ1n) is 6.30. The number of benzene rings is 1. The Labute approximate surface area is 130 Å². The molecule has 0 bridgehead atoms. The minimum absolute atomic E-state index is 0.377. The highest BCUT2D eigenvalue weighted by Gasteiger charge is 2.24. The van der Waals surface area contributed by atoms with Gasteiger partial charge in [-0.15, -0.1) is 0 Å². The molecule has 0 radical (unpaired) electrons. The highest BCUT2D eigenvalue weighted by molar-refractivity contribution is 9.10. The molecule has 114 valence electrons. The van der Waals surface area contributed by atoms with Crippen LogP contribution in [0.5, 0.6) is 0 Å². The Morgan fingerprint density at radius 3 is 2.00 bits per heavy atom. The molecule has 0 unspecified atom stereocenters. The molecule has 1 aromatic rings. The van der Waals surface area contributed by atoms with Crippen LogP contribution in [0.1, 0.15) is 5.56 Å². The molecule has 0 saturated carbocycles. The Kier molecular flexibility index (Phi) is 6.60. The summed E-state index contributed by atoms with van der Waals surface area (Å²) in [7, 11) is 3.56. The number of hydrogen-bond donors (Lipinski definition) is 0. The molecule has 0 N–H and O–H groups in total. The van der Waals surface area contributed by atoms with Gasteiger partial charge in [0.1, 0.15) is 0 Å². The summed E-state index contributed by atoms with van der Waals surface area (Å²) in [5.74, 6) is 0. The summed E-state index contributed by atoms with van der Waals surface area (Å²) >= 11 is 3.38. The van der Waals surface area contributed by atoms with E-state index in [2.05, 4.69) is 15.9 Å². The molecule has 0 aliphatic rings. The zero-order chi connectivity index (χ0) is 15.3. The second-order valence-corrected chi connectivity index (χ2v) is 8.11. The monoisotopic (exact) mass is 363 g/mol. The van der Waals surface area contributed by atoms with E-state index >= 15 is 0 Å². The topological polar surface area (TPSA) is 43.9 Å². The minimum Gasteiger partial charge on any atom is -0.308 e. The lowest BCUT2D eigenvalue weighted by Gasteiger charge is -2.26. The van der Waals surface area contributed by atoms with Gasteiger partial charge >= 0.3 is 0 Å². The Bertz CT molecular complexity index is 515. The lowest BCUT2D eigenvalue weighted by molar-refractivity contribution is 0.315. The molecule has 1 rings (SSSR count). The maximum atomic E-state index is 12.3. The second kappa shape index (κ2) is 7.51. The first-order chi connectivity index (χ1) is 9.23. The molecule has 0 aliphatic carbocycles. The van der Waals surface area contributed by atoms with E-state index in [0.717, 1.165) is 10.0 Å². The maximum Gasteiger partial charge on any atom is 0.281 e. The van der Waals surface area contributed by atoms with E-state index < -0.39 is 10.2 Å². The number of likely N-dealkylation sites (N-methyl/N-ethyl adjacent to an activating group) is 1. The van der Waals surface area contributed by atoms with Gasteiger partial charge in [0.25, 0.3) is 10.2 Å². The van der Waals surface area contributed by atoms with Gasteiger partial charge in [0.05, 0.1) is 0 Å². The number of nitrogens with zero attached hydrogens (tertiary/aromatic N) is 3. The van der Waals surface area contributed by atoms with E-state index in [4.69, 9.17) is 0 Å². The number of halogens is 1. The van der Waals surface area contributed by atoms with E-state index in [9.17, 15) is 8.42 Å². The minimum atomic E-state index is -3.41. The van der Waals surface area contributed by atoms with Crippen LogP contribution in [-0.4, -0.2) is 63.2 Å². The smallest absolute Gasteiger partial charge is 0.281 e. The van der Waals surface area contributed by atoms with Crippen molar-refractivity contribution in [2.75, 3.05) is 41.3 Å². The van der Waals surface area contributed by atoms with Gasteiger partial charge in [0.2, 0.25) is 0 Å². The lowest BCUT2D eigenvalue weighted by atomic mass is 10.2. The third kappa shape index (κ3) is 5.14. The molecule has 7 heteroatoms. The summed E-state index contributed by atoms with van der Waals surface area (Å²) in [4.78, 5) is 1.97. The van der Waals surface area contributed by atoms with Crippen LogP contribution < -0.4 is 0 Å². The van der Waals surface area contributed by atoms with E-state index in [0.29, 0.717) is 19.6 Å². The van der Waals surface area contributed by atoms with Crippen molar-refractivity contribution in [1.29, 1.82) is 0 Å². The molecule has 0 fully saturated rings. The van der Waals surface area contributed by atoms with Crippen molar-refractivity contribution in [2.45, 2.75) is 6.54 Å². The number of hydrogen-bond acceptors (Lipinski definition) is 3. The third-order valence-corrected chi connectivity index (χ3v) is 5.27. The summed E-state index contributed by atoms with van der Waals surface area (Å²) in [5, 5.41) is 0. The van der Waals surface area contributed by atoms with E-state index in [-0.39, 0.29) is 0 Å². The van der Waals surface area contributed by atoms with Crippen LogP contribution in [-0.2, 0) is 16.8 Å². The van der Waals surface area contributed by atoms with Crippen molar-refractivity contribution in [3.8, 4) is 0 Å². The number of rotatable bonds is 7. The van der Waals surface area contributed by atoms with Gasteiger partial charge < -0.3 is 4.90 Å². The molecular formula is C13H22BrN3O2S. The van der Waals surface area contributed by atoms with E-state index in [1.165, 1.54) is 8.61 Å². The maximum absolute atomic E-state index is 12.3. The third-order valence-electron chi connectivity index (χ3n) is 2.86. The molecule has 20 heavy (non-hydrogen) atoms. The zero-order valence-corrected chi connectivity index (χ0v) is 14.8. The fourth-order valence-electron chi connectivity index (χ4n) is 1.61. The molecule has 0 aromatic heterocycles. The van der Waals surface area contributed by atoms with Crippen molar-refractivity contribution < 1.29 is 8.42 Å². The van der Waals surface area contributed by atoms with Gasteiger partial charge in [-0.2, -0.15) is 17.0 Å². The zero-order valence-electron chi connectivity index (χ0n) is 12.4. The largest absolute Gasteiger partial charge is 0.308 e. The van der Waals surface area contributed by atoms with E-state index in [1.54, 1.807) is 14.1 Å². The second-order valence-electron chi connectivity index (χ2n) is 5.05. The molecule has 0 saturated heterocycles. The van der Waals surface area contributed by atoms with Gasteiger partial charge in [0.15, 0.2) is 0 Å². The summed E-state index contributed by atoms with van der Waals surface area (Å²) in [6.07, 6.45) is 0. The van der Waals surface area contributed by atoms with E-state index in [1.807, 2.05) is 43.3 Å². The Balaban J connectivity index is 2.90. The van der Waals surface area contributed by atoms with Crippen LogP contribution in [0.3, 0.4) is 0 Å². The van der Waals surface area contributed by atoms with Crippen LogP contribution in [0.15, 0.2) is 28.7 Å². The van der Waals surface area contributed by atoms with Gasteiger partial charge in [-0.1, -0.05) is 28.1 Å². The van der Waals surface area contributed by atoms with Crippen LogP contribution in [0.4, 0.5) is 0 Å². The normalized spacial score (nSPS) is 12.6. The van der Waals surface area contributed by atoms with Gasteiger partial charge in [-0.25, -0.2) is 0 Å². The predicted octanol–water partition coefficient (Wildman–Crippen LogP) is 1.62.